The van der Waals surface area contributed by atoms with Crippen molar-refractivity contribution in [3.8, 4) is 0 Å². The summed E-state index contributed by atoms with van der Waals surface area (Å²) in [6.07, 6.45) is 1.57. The first-order valence-electron chi connectivity index (χ1n) is 10.1. The monoisotopic (exact) mass is 432 g/mol. The summed E-state index contributed by atoms with van der Waals surface area (Å²) in [4.78, 5) is 26.1. The van der Waals surface area contributed by atoms with Crippen molar-refractivity contribution in [2.24, 2.45) is 0 Å². The Morgan fingerprint density at radius 3 is 2.83 bits per heavy atom. The molecule has 2 aliphatic rings. The van der Waals surface area contributed by atoms with Crippen molar-refractivity contribution in [2.75, 3.05) is 18.5 Å². The summed E-state index contributed by atoms with van der Waals surface area (Å²) in [5.41, 5.74) is 2.24. The van der Waals surface area contributed by atoms with Gasteiger partial charge in [-0.05, 0) is 56.9 Å². The van der Waals surface area contributed by atoms with Crippen LogP contribution in [-0.4, -0.2) is 36.7 Å². The Morgan fingerprint density at radius 2 is 2.13 bits per heavy atom. The van der Waals surface area contributed by atoms with Crippen LogP contribution in [0.5, 0.6) is 0 Å². The van der Waals surface area contributed by atoms with Gasteiger partial charge in [0, 0.05) is 13.0 Å². The number of rotatable bonds is 5. The third kappa shape index (κ3) is 4.26. The van der Waals surface area contributed by atoms with Gasteiger partial charge in [0.1, 0.15) is 16.9 Å². The van der Waals surface area contributed by atoms with Crippen LogP contribution >= 0.6 is 11.3 Å². The smallest absolute Gasteiger partial charge is 0.254 e. The fraction of sp³-hybridized carbons (Fsp3) is 0.455. The van der Waals surface area contributed by atoms with Gasteiger partial charge in [0.15, 0.2) is 11.6 Å². The maximum absolute atomic E-state index is 14.4. The van der Waals surface area contributed by atoms with Gasteiger partial charge in [0.05, 0.1) is 22.7 Å². The Kier molecular flexibility index (Phi) is 5.65. The van der Waals surface area contributed by atoms with Crippen molar-refractivity contribution < 1.29 is 23.5 Å². The molecule has 30 heavy (non-hydrogen) atoms. The predicted molar refractivity (Wildman–Crippen MR) is 113 cm³/mol. The number of nitrogens with one attached hydrogen (secondary N) is 2. The van der Waals surface area contributed by atoms with Gasteiger partial charge in [-0.15, -0.1) is 11.3 Å². The van der Waals surface area contributed by atoms with Crippen molar-refractivity contribution >= 4 is 33.7 Å². The van der Waals surface area contributed by atoms with Crippen LogP contribution in [0.3, 0.4) is 0 Å². The molecule has 0 saturated carbocycles. The summed E-state index contributed by atoms with van der Waals surface area (Å²) in [6, 6.07) is 4.86. The largest absolute Gasteiger partial charge is 0.349 e. The lowest BCUT2D eigenvalue weighted by Gasteiger charge is -2.18. The highest BCUT2D eigenvalue weighted by Crippen LogP contribution is 2.40. The highest BCUT2D eigenvalue weighted by atomic mass is 32.1. The van der Waals surface area contributed by atoms with Crippen LogP contribution < -0.4 is 10.6 Å². The van der Waals surface area contributed by atoms with Gasteiger partial charge in [-0.25, -0.2) is 4.39 Å². The summed E-state index contributed by atoms with van der Waals surface area (Å²) in [7, 11) is 0. The Labute approximate surface area is 178 Å². The third-order valence-corrected chi connectivity index (χ3v) is 6.44. The van der Waals surface area contributed by atoms with Crippen LogP contribution in [0.4, 0.5) is 15.1 Å². The highest BCUT2D eigenvalue weighted by molar-refractivity contribution is 7.18. The number of halogens is 1. The number of benzene rings is 1. The summed E-state index contributed by atoms with van der Waals surface area (Å²) in [5.74, 6) is -1.34. The molecule has 1 fully saturated rings. The number of ketones is 1. The number of hydrogen-bond acceptors (Lipinski definition) is 6. The van der Waals surface area contributed by atoms with Crippen LogP contribution in [0, 0.1) is 12.7 Å². The van der Waals surface area contributed by atoms with E-state index in [4.69, 9.17) is 9.47 Å². The molecule has 1 aromatic heterocycles. The molecule has 6 nitrogen and oxygen atoms in total. The number of aryl methyl sites for hydroxylation is 1. The number of amides is 1. The van der Waals surface area contributed by atoms with E-state index in [9.17, 15) is 14.0 Å². The molecule has 2 heterocycles. The average Bonchev–Trinajstić information content (AvgIpc) is 3.22. The third-order valence-electron chi connectivity index (χ3n) is 5.25. The van der Waals surface area contributed by atoms with Crippen LogP contribution in [0.25, 0.3) is 0 Å². The molecule has 4 rings (SSSR count). The van der Waals surface area contributed by atoms with Gasteiger partial charge in [-0.1, -0.05) is 6.07 Å². The molecule has 2 aromatic rings. The molecule has 160 valence electrons. The number of hydrogen-bond donors (Lipinski definition) is 2. The molecule has 0 radical (unpaired) electrons. The van der Waals surface area contributed by atoms with Gasteiger partial charge in [0.2, 0.25) is 0 Å². The number of carbonyl (C=O) groups is 2. The molecule has 1 atom stereocenters. The maximum Gasteiger partial charge on any atom is 0.254 e. The van der Waals surface area contributed by atoms with E-state index in [1.165, 1.54) is 17.4 Å². The second-order valence-corrected chi connectivity index (χ2v) is 9.18. The topological polar surface area (TPSA) is 76.7 Å². The Morgan fingerprint density at radius 1 is 1.33 bits per heavy atom. The van der Waals surface area contributed by atoms with Gasteiger partial charge in [0.25, 0.3) is 5.91 Å². The molecule has 0 spiro atoms. The van der Waals surface area contributed by atoms with Crippen molar-refractivity contribution in [1.82, 2.24) is 5.32 Å². The first-order chi connectivity index (χ1) is 14.2. The lowest BCUT2D eigenvalue weighted by molar-refractivity contribution is -0.137. The molecular formula is C22H25FN2O4S. The minimum Gasteiger partial charge on any atom is -0.349 e. The minimum absolute atomic E-state index is 0.0296. The van der Waals surface area contributed by atoms with Gasteiger partial charge < -0.3 is 20.1 Å². The molecule has 0 unspecified atom stereocenters. The SMILES string of the molecule is Cc1ccc(Nc2sc3c(c2C(=O)NC[C@@H]2COC(C)(C)O2)CCCC3=O)c(F)c1. The standard InChI is InChI=1S/C22H25FN2O4S/c1-12-7-8-16(15(23)9-12)25-21-18(14-5-4-6-17(26)19(14)30-21)20(27)24-10-13-11-28-22(2,3)29-13/h7-9,13,25H,4-6,10-11H2,1-3H3,(H,24,27)/t13-/m1/s1. The van der Waals surface area contributed by atoms with E-state index in [1.807, 2.05) is 20.8 Å². The number of Topliss-reactive ketones (excluding diaryl/α,β-unsaturated/α-hetero) is 1. The average molecular weight is 433 g/mol. The van der Waals surface area contributed by atoms with Gasteiger partial charge in [-0.3, -0.25) is 9.59 Å². The Hall–Kier alpha value is -2.29. The van der Waals surface area contributed by atoms with Crippen molar-refractivity contribution in [3.63, 3.8) is 0 Å². The summed E-state index contributed by atoms with van der Waals surface area (Å²) in [5, 5.41) is 6.43. The van der Waals surface area contributed by atoms with Crippen molar-refractivity contribution in [2.45, 2.75) is 51.9 Å². The first-order valence-corrected chi connectivity index (χ1v) is 10.9. The predicted octanol–water partition coefficient (Wildman–Crippen LogP) is 4.34. The van der Waals surface area contributed by atoms with E-state index in [1.54, 1.807) is 12.1 Å². The number of ether oxygens (including phenoxy) is 2. The summed E-state index contributed by atoms with van der Waals surface area (Å²) < 4.78 is 25.7. The van der Waals surface area contributed by atoms with E-state index >= 15 is 0 Å². The fourth-order valence-electron chi connectivity index (χ4n) is 3.80. The number of thiophene rings is 1. The van der Waals surface area contributed by atoms with Crippen molar-refractivity contribution in [3.05, 3.63) is 45.6 Å². The second kappa shape index (κ2) is 8.09. The normalized spacial score (nSPS) is 20.1. The zero-order chi connectivity index (χ0) is 21.5. The minimum atomic E-state index is -0.668. The highest BCUT2D eigenvalue weighted by Gasteiger charge is 2.34. The molecule has 2 N–H and O–H groups in total. The van der Waals surface area contributed by atoms with E-state index < -0.39 is 11.6 Å². The molecule has 0 bridgehead atoms. The van der Waals surface area contributed by atoms with Crippen LogP contribution in [0.2, 0.25) is 0 Å². The van der Waals surface area contributed by atoms with Crippen LogP contribution in [0.15, 0.2) is 18.2 Å². The molecule has 1 aromatic carbocycles. The van der Waals surface area contributed by atoms with Crippen LogP contribution in [-0.2, 0) is 15.9 Å². The zero-order valence-electron chi connectivity index (χ0n) is 17.3. The fourth-order valence-corrected chi connectivity index (χ4v) is 5.03. The number of anilines is 2. The molecule has 1 aliphatic heterocycles. The van der Waals surface area contributed by atoms with Crippen molar-refractivity contribution in [1.29, 1.82) is 0 Å². The maximum atomic E-state index is 14.4. The quantitative estimate of drug-likeness (QED) is 0.735. The van der Waals surface area contributed by atoms with E-state index in [-0.39, 0.29) is 23.5 Å². The molecule has 1 aliphatic carbocycles. The molecular weight excluding hydrogens is 407 g/mol. The number of carbonyl (C=O) groups excluding carboxylic acids is 2. The van der Waals surface area contributed by atoms with Gasteiger partial charge in [-0.2, -0.15) is 0 Å². The molecule has 1 saturated heterocycles. The van der Waals surface area contributed by atoms with E-state index in [2.05, 4.69) is 10.6 Å². The number of fused-ring (bicyclic) bond motifs is 1. The summed E-state index contributed by atoms with van der Waals surface area (Å²) >= 11 is 1.22. The molecule has 8 heteroatoms. The Bertz CT molecular complexity index is 1000. The second-order valence-electron chi connectivity index (χ2n) is 8.16. The Balaban J connectivity index is 1.60. The van der Waals surface area contributed by atoms with Gasteiger partial charge >= 0.3 is 0 Å². The zero-order valence-corrected chi connectivity index (χ0v) is 18.1. The lowest BCUT2D eigenvalue weighted by atomic mass is 9.94. The van der Waals surface area contributed by atoms with E-state index in [0.29, 0.717) is 47.9 Å². The summed E-state index contributed by atoms with van der Waals surface area (Å²) in [6.45, 7) is 6.15. The van der Waals surface area contributed by atoms with Crippen LogP contribution in [0.1, 0.15) is 57.8 Å². The first kappa shape index (κ1) is 21.0. The lowest BCUT2D eigenvalue weighted by Crippen LogP contribution is -2.35. The van der Waals surface area contributed by atoms with E-state index in [0.717, 1.165) is 11.1 Å². The molecule has 1 amide bonds.